The van der Waals surface area contributed by atoms with Crippen LogP contribution in [0.25, 0.3) is 0 Å². The van der Waals surface area contributed by atoms with Crippen molar-refractivity contribution in [2.45, 2.75) is 26.4 Å². The number of hydrogen-bond acceptors (Lipinski definition) is 4. The highest BCUT2D eigenvalue weighted by atomic mass is 16.5. The molecule has 0 aromatic carbocycles. The predicted molar refractivity (Wildman–Crippen MR) is 74.7 cm³/mol. The summed E-state index contributed by atoms with van der Waals surface area (Å²) in [5.41, 5.74) is 0. The van der Waals surface area contributed by atoms with Gasteiger partial charge in [-0.3, -0.25) is 9.69 Å². The zero-order valence-corrected chi connectivity index (χ0v) is 12.2. The molecule has 0 bridgehead atoms. The smallest absolute Gasteiger partial charge is 0.314 e. The SMILES string of the molecule is CCC(CNC(=O)NCC1CN(CC)CCO1)C(=O)O. The summed E-state index contributed by atoms with van der Waals surface area (Å²) in [7, 11) is 0. The highest BCUT2D eigenvalue weighted by Gasteiger charge is 2.20. The number of urea groups is 1. The van der Waals surface area contributed by atoms with Crippen LogP contribution >= 0.6 is 0 Å². The number of nitrogens with one attached hydrogen (secondary N) is 2. The van der Waals surface area contributed by atoms with Gasteiger partial charge in [0.05, 0.1) is 18.6 Å². The number of aliphatic carboxylic acids is 1. The molecule has 1 aliphatic heterocycles. The molecule has 1 saturated heterocycles. The van der Waals surface area contributed by atoms with Gasteiger partial charge in [-0.05, 0) is 13.0 Å². The normalized spacial score (nSPS) is 21.2. The molecular weight excluding hydrogens is 262 g/mol. The lowest BCUT2D eigenvalue weighted by Gasteiger charge is -2.32. The van der Waals surface area contributed by atoms with Crippen LogP contribution in [-0.4, -0.2) is 67.4 Å². The van der Waals surface area contributed by atoms with Crippen molar-refractivity contribution >= 4 is 12.0 Å². The van der Waals surface area contributed by atoms with E-state index >= 15 is 0 Å². The lowest BCUT2D eigenvalue weighted by Crippen LogP contribution is -2.49. The number of carboxylic acid groups (broad SMARTS) is 1. The molecule has 2 atom stereocenters. The lowest BCUT2D eigenvalue weighted by atomic mass is 10.1. The van der Waals surface area contributed by atoms with E-state index in [4.69, 9.17) is 9.84 Å². The monoisotopic (exact) mass is 287 g/mol. The molecule has 7 nitrogen and oxygen atoms in total. The van der Waals surface area contributed by atoms with Crippen molar-refractivity contribution in [3.8, 4) is 0 Å². The second kappa shape index (κ2) is 8.76. The van der Waals surface area contributed by atoms with E-state index in [0.29, 0.717) is 19.6 Å². The third-order valence-electron chi connectivity index (χ3n) is 3.51. The Bertz CT molecular complexity index is 325. The summed E-state index contributed by atoms with van der Waals surface area (Å²) in [5, 5.41) is 14.2. The molecule has 1 fully saturated rings. The average Bonchev–Trinajstić information content (AvgIpc) is 2.45. The molecule has 2 amide bonds. The fraction of sp³-hybridized carbons (Fsp3) is 0.846. The van der Waals surface area contributed by atoms with Crippen LogP contribution in [0.5, 0.6) is 0 Å². The minimum atomic E-state index is -0.887. The van der Waals surface area contributed by atoms with Gasteiger partial charge in [-0.15, -0.1) is 0 Å². The Kier molecular flexibility index (Phi) is 7.32. The van der Waals surface area contributed by atoms with Gasteiger partial charge >= 0.3 is 12.0 Å². The van der Waals surface area contributed by atoms with E-state index in [1.807, 2.05) is 0 Å². The summed E-state index contributed by atoms with van der Waals surface area (Å²) < 4.78 is 5.57. The van der Waals surface area contributed by atoms with E-state index < -0.39 is 11.9 Å². The third-order valence-corrected chi connectivity index (χ3v) is 3.51. The van der Waals surface area contributed by atoms with Crippen molar-refractivity contribution in [2.75, 3.05) is 39.3 Å². The minimum absolute atomic E-state index is 0.00380. The van der Waals surface area contributed by atoms with Crippen molar-refractivity contribution in [3.63, 3.8) is 0 Å². The molecule has 2 unspecified atom stereocenters. The Labute approximate surface area is 119 Å². The fourth-order valence-corrected chi connectivity index (χ4v) is 2.08. The number of carboxylic acids is 1. The summed E-state index contributed by atoms with van der Waals surface area (Å²) in [6.45, 7) is 7.85. The van der Waals surface area contributed by atoms with E-state index in [1.165, 1.54) is 0 Å². The largest absolute Gasteiger partial charge is 0.481 e. The first-order valence-corrected chi connectivity index (χ1v) is 7.15. The minimum Gasteiger partial charge on any atom is -0.481 e. The Morgan fingerprint density at radius 2 is 2.15 bits per heavy atom. The topological polar surface area (TPSA) is 90.9 Å². The molecule has 7 heteroatoms. The molecule has 3 N–H and O–H groups in total. The number of rotatable bonds is 7. The number of hydrogen-bond donors (Lipinski definition) is 3. The maximum atomic E-state index is 11.6. The first kappa shape index (κ1) is 16.7. The van der Waals surface area contributed by atoms with Crippen molar-refractivity contribution in [2.24, 2.45) is 5.92 Å². The number of amides is 2. The lowest BCUT2D eigenvalue weighted by molar-refractivity contribution is -0.141. The number of carbonyl (C=O) groups excluding carboxylic acids is 1. The first-order valence-electron chi connectivity index (χ1n) is 7.15. The fourth-order valence-electron chi connectivity index (χ4n) is 2.08. The molecule has 0 aliphatic carbocycles. The van der Waals surface area contributed by atoms with Crippen LogP contribution in [0.2, 0.25) is 0 Å². The van der Waals surface area contributed by atoms with E-state index in [1.54, 1.807) is 6.92 Å². The highest BCUT2D eigenvalue weighted by molar-refractivity contribution is 5.75. The van der Waals surface area contributed by atoms with Crippen molar-refractivity contribution in [1.82, 2.24) is 15.5 Å². The summed E-state index contributed by atoms with van der Waals surface area (Å²) >= 11 is 0. The summed E-state index contributed by atoms with van der Waals surface area (Å²) in [4.78, 5) is 24.7. The van der Waals surface area contributed by atoms with Crippen LogP contribution in [0.3, 0.4) is 0 Å². The molecule has 1 rings (SSSR count). The Morgan fingerprint density at radius 1 is 1.40 bits per heavy atom. The van der Waals surface area contributed by atoms with Gasteiger partial charge in [0.2, 0.25) is 0 Å². The second-order valence-electron chi connectivity index (χ2n) is 4.92. The number of nitrogens with zero attached hydrogens (tertiary/aromatic N) is 1. The van der Waals surface area contributed by atoms with Crippen LogP contribution in [0, 0.1) is 5.92 Å². The van der Waals surface area contributed by atoms with Crippen LogP contribution in [0.4, 0.5) is 4.79 Å². The Morgan fingerprint density at radius 3 is 2.75 bits per heavy atom. The van der Waals surface area contributed by atoms with Gasteiger partial charge in [-0.1, -0.05) is 13.8 Å². The van der Waals surface area contributed by atoms with Gasteiger partial charge in [0, 0.05) is 26.2 Å². The van der Waals surface area contributed by atoms with Gasteiger partial charge in [-0.2, -0.15) is 0 Å². The zero-order chi connectivity index (χ0) is 15.0. The molecule has 1 aliphatic rings. The van der Waals surface area contributed by atoms with Gasteiger partial charge in [-0.25, -0.2) is 4.79 Å². The molecule has 1 heterocycles. The summed E-state index contributed by atoms with van der Waals surface area (Å²) in [6, 6.07) is -0.345. The van der Waals surface area contributed by atoms with Gasteiger partial charge in [0.25, 0.3) is 0 Å². The number of carbonyl (C=O) groups is 2. The maximum Gasteiger partial charge on any atom is 0.314 e. The van der Waals surface area contributed by atoms with Gasteiger partial charge in [0.1, 0.15) is 0 Å². The number of ether oxygens (including phenoxy) is 1. The standard InChI is InChI=1S/C13H25N3O4/c1-3-10(12(17)18)7-14-13(19)15-8-11-9-16(4-2)5-6-20-11/h10-11H,3-9H2,1-2H3,(H,17,18)(H2,14,15,19). The van der Waals surface area contributed by atoms with Crippen molar-refractivity contribution in [1.29, 1.82) is 0 Å². The van der Waals surface area contributed by atoms with Crippen molar-refractivity contribution in [3.05, 3.63) is 0 Å². The van der Waals surface area contributed by atoms with E-state index in [0.717, 1.165) is 19.6 Å². The van der Waals surface area contributed by atoms with Gasteiger partial charge < -0.3 is 20.5 Å². The predicted octanol–water partition coefficient (Wildman–Crippen LogP) is 0.117. The first-order chi connectivity index (χ1) is 9.56. The molecular formula is C13H25N3O4. The molecule has 0 spiro atoms. The third kappa shape index (κ3) is 5.75. The Balaban J connectivity index is 2.21. The highest BCUT2D eigenvalue weighted by Crippen LogP contribution is 2.03. The average molecular weight is 287 g/mol. The molecule has 0 aromatic heterocycles. The van der Waals surface area contributed by atoms with Gasteiger partial charge in [0.15, 0.2) is 0 Å². The van der Waals surface area contributed by atoms with E-state index in [2.05, 4.69) is 22.5 Å². The van der Waals surface area contributed by atoms with Crippen molar-refractivity contribution < 1.29 is 19.4 Å². The molecule has 0 saturated carbocycles. The van der Waals surface area contributed by atoms with Crippen LogP contribution in [0.1, 0.15) is 20.3 Å². The summed E-state index contributed by atoms with van der Waals surface area (Å²) in [5.74, 6) is -1.43. The Hall–Kier alpha value is -1.34. The number of morpholine rings is 1. The molecule has 116 valence electrons. The summed E-state index contributed by atoms with van der Waals surface area (Å²) in [6.07, 6.45) is 0.489. The van der Waals surface area contributed by atoms with E-state index in [-0.39, 0.29) is 18.7 Å². The quantitative estimate of drug-likeness (QED) is 0.618. The second-order valence-corrected chi connectivity index (χ2v) is 4.92. The van der Waals surface area contributed by atoms with Crippen LogP contribution in [-0.2, 0) is 9.53 Å². The van der Waals surface area contributed by atoms with E-state index in [9.17, 15) is 9.59 Å². The van der Waals surface area contributed by atoms with Crippen LogP contribution < -0.4 is 10.6 Å². The zero-order valence-electron chi connectivity index (χ0n) is 12.2. The molecule has 0 radical (unpaired) electrons. The molecule has 0 aromatic rings. The number of likely N-dealkylation sites (N-methyl/N-ethyl adjacent to an activating group) is 1. The maximum absolute atomic E-state index is 11.6. The van der Waals surface area contributed by atoms with Crippen LogP contribution in [0.15, 0.2) is 0 Å². The molecule has 20 heavy (non-hydrogen) atoms.